The Kier molecular flexibility index (Phi) is 2.90. The molecule has 1 aliphatic carbocycles. The molecular weight excluding hydrogens is 292 g/mol. The summed E-state index contributed by atoms with van der Waals surface area (Å²) in [5, 5.41) is 0.832. The minimum Gasteiger partial charge on any atom is -0.383 e. The maximum Gasteiger partial charge on any atom is 0.179 e. The van der Waals surface area contributed by atoms with Gasteiger partial charge >= 0.3 is 0 Å². The highest BCUT2D eigenvalue weighted by Gasteiger charge is 2.58. The summed E-state index contributed by atoms with van der Waals surface area (Å²) in [6, 6.07) is 1.94. The van der Waals surface area contributed by atoms with Gasteiger partial charge in [0, 0.05) is 6.20 Å². The van der Waals surface area contributed by atoms with Crippen LogP contribution in [0.15, 0.2) is 30.7 Å². The lowest BCUT2D eigenvalue weighted by Crippen LogP contribution is -2.48. The second-order valence-corrected chi connectivity index (χ2v) is 7.04. The molecule has 4 rings (SSSR count). The van der Waals surface area contributed by atoms with Crippen molar-refractivity contribution in [2.75, 3.05) is 5.73 Å². The fraction of sp³-hybridized carbons (Fsp3) is 0.529. The van der Waals surface area contributed by atoms with Crippen molar-refractivity contribution in [1.29, 1.82) is 0 Å². The zero-order valence-electron chi connectivity index (χ0n) is 13.7. The Morgan fingerprint density at radius 1 is 1.39 bits per heavy atom. The van der Waals surface area contributed by atoms with E-state index in [1.54, 1.807) is 0 Å². The molecule has 2 aromatic heterocycles. The van der Waals surface area contributed by atoms with Crippen LogP contribution in [-0.2, 0) is 15.2 Å². The van der Waals surface area contributed by atoms with E-state index < -0.39 is 11.5 Å². The Labute approximate surface area is 135 Å². The number of hydrogen-bond acceptors (Lipinski definition) is 5. The number of hydrogen-bond donors (Lipinski definition) is 1. The lowest BCUT2D eigenvalue weighted by atomic mass is 9.78. The van der Waals surface area contributed by atoms with Gasteiger partial charge in [-0.1, -0.05) is 13.5 Å². The highest BCUT2D eigenvalue weighted by molar-refractivity contribution is 5.86. The van der Waals surface area contributed by atoms with Crippen LogP contribution < -0.4 is 5.73 Å². The standard InChI is InChI=1S/C17H22N4O2/c1-10-5-7-17(13(11(10)2)22-16(3,4)23-17)21-8-6-12-14(18)19-9-20-15(12)21/h6,8-10,13H,2,5,7H2,1,3-4H3,(H2,18,19,20)/t10?,13-,17-/m1/s1. The summed E-state index contributed by atoms with van der Waals surface area (Å²) in [5.41, 5.74) is 7.20. The maximum absolute atomic E-state index is 6.43. The van der Waals surface area contributed by atoms with E-state index in [-0.39, 0.29) is 6.10 Å². The second kappa shape index (κ2) is 4.55. The molecule has 6 nitrogen and oxygen atoms in total. The van der Waals surface area contributed by atoms with Crippen LogP contribution in [-0.4, -0.2) is 26.4 Å². The van der Waals surface area contributed by atoms with Gasteiger partial charge in [-0.3, -0.25) is 0 Å². The first-order chi connectivity index (χ1) is 10.8. The Balaban J connectivity index is 1.93. The zero-order chi connectivity index (χ0) is 16.4. The summed E-state index contributed by atoms with van der Waals surface area (Å²) in [6.45, 7) is 10.4. The van der Waals surface area contributed by atoms with Crippen molar-refractivity contribution in [2.24, 2.45) is 5.92 Å². The highest BCUT2D eigenvalue weighted by Crippen LogP contribution is 2.52. The maximum atomic E-state index is 6.43. The molecule has 23 heavy (non-hydrogen) atoms. The number of fused-ring (bicyclic) bond motifs is 2. The molecule has 2 N–H and O–H groups in total. The molecule has 0 spiro atoms. The van der Waals surface area contributed by atoms with Gasteiger partial charge in [0.1, 0.15) is 23.9 Å². The van der Waals surface area contributed by atoms with Crippen LogP contribution in [0.5, 0.6) is 0 Å². The lowest BCUT2D eigenvalue weighted by Gasteiger charge is -2.41. The molecule has 1 aliphatic heterocycles. The van der Waals surface area contributed by atoms with Crippen LogP contribution >= 0.6 is 0 Å². The fourth-order valence-electron chi connectivity index (χ4n) is 3.87. The van der Waals surface area contributed by atoms with Gasteiger partial charge in [-0.05, 0) is 44.2 Å². The average Bonchev–Trinajstić information content (AvgIpc) is 3.03. The first-order valence-corrected chi connectivity index (χ1v) is 7.99. The van der Waals surface area contributed by atoms with E-state index in [2.05, 4.69) is 28.0 Å². The summed E-state index contributed by atoms with van der Waals surface area (Å²) >= 11 is 0. The van der Waals surface area contributed by atoms with Crippen molar-refractivity contribution in [3.05, 3.63) is 30.7 Å². The minimum atomic E-state index is -0.674. The molecule has 0 aromatic carbocycles. The molecule has 122 valence electrons. The van der Waals surface area contributed by atoms with Gasteiger partial charge < -0.3 is 19.8 Å². The fourth-order valence-corrected chi connectivity index (χ4v) is 3.87. The van der Waals surface area contributed by atoms with Crippen molar-refractivity contribution >= 4 is 16.9 Å². The van der Waals surface area contributed by atoms with E-state index >= 15 is 0 Å². The van der Waals surface area contributed by atoms with Gasteiger partial charge in [0.2, 0.25) is 0 Å². The van der Waals surface area contributed by atoms with Crippen LogP contribution in [0, 0.1) is 5.92 Å². The largest absolute Gasteiger partial charge is 0.383 e. The van der Waals surface area contributed by atoms with Gasteiger partial charge in [0.05, 0.1) is 5.39 Å². The minimum absolute atomic E-state index is 0.201. The van der Waals surface area contributed by atoms with Crippen LogP contribution in [0.4, 0.5) is 5.82 Å². The Bertz CT molecular complexity index is 797. The smallest absolute Gasteiger partial charge is 0.179 e. The van der Waals surface area contributed by atoms with Crippen molar-refractivity contribution in [3.8, 4) is 0 Å². The molecule has 0 bridgehead atoms. The lowest BCUT2D eigenvalue weighted by molar-refractivity contribution is -0.184. The molecule has 2 aromatic rings. The third kappa shape index (κ3) is 1.95. The van der Waals surface area contributed by atoms with Crippen molar-refractivity contribution in [3.63, 3.8) is 0 Å². The number of nitrogens with two attached hydrogens (primary N) is 1. The summed E-state index contributed by atoms with van der Waals surface area (Å²) in [6.07, 6.45) is 5.09. The first kappa shape index (κ1) is 14.7. The molecule has 0 amide bonds. The highest BCUT2D eigenvalue weighted by atomic mass is 16.8. The molecule has 1 unspecified atom stereocenters. The average molecular weight is 314 g/mol. The Hall–Kier alpha value is -1.92. The topological polar surface area (TPSA) is 75.2 Å². The normalized spacial score (nSPS) is 33.1. The molecule has 3 heterocycles. The van der Waals surface area contributed by atoms with E-state index in [1.165, 1.54) is 6.33 Å². The van der Waals surface area contributed by atoms with Crippen molar-refractivity contribution in [1.82, 2.24) is 14.5 Å². The number of nitrogens with zero attached hydrogens (tertiary/aromatic N) is 3. The summed E-state index contributed by atoms with van der Waals surface area (Å²) < 4.78 is 14.7. The van der Waals surface area contributed by atoms with E-state index in [0.717, 1.165) is 29.4 Å². The molecule has 1 saturated heterocycles. The quantitative estimate of drug-likeness (QED) is 0.819. The predicted molar refractivity (Wildman–Crippen MR) is 87.5 cm³/mol. The third-order valence-corrected chi connectivity index (χ3v) is 5.06. The van der Waals surface area contributed by atoms with Gasteiger partial charge in [-0.2, -0.15) is 0 Å². The van der Waals surface area contributed by atoms with E-state index in [0.29, 0.717) is 11.7 Å². The van der Waals surface area contributed by atoms with Crippen LogP contribution in [0.3, 0.4) is 0 Å². The number of anilines is 1. The van der Waals surface area contributed by atoms with E-state index in [9.17, 15) is 0 Å². The molecule has 2 fully saturated rings. The van der Waals surface area contributed by atoms with Crippen LogP contribution in [0.25, 0.3) is 11.0 Å². The zero-order valence-corrected chi connectivity index (χ0v) is 13.7. The van der Waals surface area contributed by atoms with Crippen LogP contribution in [0.1, 0.15) is 33.6 Å². The molecule has 6 heteroatoms. The van der Waals surface area contributed by atoms with Gasteiger partial charge in [0.15, 0.2) is 11.5 Å². The van der Waals surface area contributed by atoms with Crippen molar-refractivity contribution < 1.29 is 9.47 Å². The summed E-state index contributed by atoms with van der Waals surface area (Å²) in [4.78, 5) is 8.50. The molecule has 0 radical (unpaired) electrons. The Morgan fingerprint density at radius 2 is 2.17 bits per heavy atom. The second-order valence-electron chi connectivity index (χ2n) is 7.04. The number of nitrogen functional groups attached to an aromatic ring is 1. The summed E-state index contributed by atoms with van der Waals surface area (Å²) in [7, 11) is 0. The van der Waals surface area contributed by atoms with Crippen LogP contribution in [0.2, 0.25) is 0 Å². The SMILES string of the molecule is C=C1C(C)CC[C@@]2(n3ccc4c(N)ncnc43)OC(C)(C)O[C@H]12. The molecule has 1 saturated carbocycles. The number of ether oxygens (including phenoxy) is 2. The first-order valence-electron chi connectivity index (χ1n) is 7.99. The summed E-state index contributed by atoms with van der Waals surface area (Å²) in [5.74, 6) is 0.211. The number of rotatable bonds is 1. The monoisotopic (exact) mass is 314 g/mol. The third-order valence-electron chi connectivity index (χ3n) is 5.06. The number of aromatic nitrogens is 3. The van der Waals surface area contributed by atoms with E-state index in [1.807, 2.05) is 26.1 Å². The van der Waals surface area contributed by atoms with Gasteiger partial charge in [-0.15, -0.1) is 0 Å². The van der Waals surface area contributed by atoms with Crippen molar-refractivity contribution in [2.45, 2.75) is 51.2 Å². The Morgan fingerprint density at radius 3 is 2.96 bits per heavy atom. The molecular formula is C17H22N4O2. The molecule has 2 aliphatic rings. The molecule has 3 atom stereocenters. The van der Waals surface area contributed by atoms with E-state index in [4.69, 9.17) is 15.2 Å². The predicted octanol–water partition coefficient (Wildman–Crippen LogP) is 2.80. The van der Waals surface area contributed by atoms with Gasteiger partial charge in [0.25, 0.3) is 0 Å². The van der Waals surface area contributed by atoms with Gasteiger partial charge in [-0.25, -0.2) is 9.97 Å².